The van der Waals surface area contributed by atoms with E-state index in [1.54, 1.807) is 0 Å². The van der Waals surface area contributed by atoms with Gasteiger partial charge in [0, 0.05) is 16.7 Å². The first-order valence-electron chi connectivity index (χ1n) is 5.93. The van der Waals surface area contributed by atoms with Gasteiger partial charge in [-0.3, -0.25) is 4.79 Å². The van der Waals surface area contributed by atoms with Gasteiger partial charge in [0.1, 0.15) is 10.7 Å². The van der Waals surface area contributed by atoms with Gasteiger partial charge < -0.3 is 5.32 Å². The fourth-order valence-electron chi connectivity index (χ4n) is 2.17. The molecule has 0 heterocycles. The third-order valence-electron chi connectivity index (χ3n) is 3.24. The van der Waals surface area contributed by atoms with E-state index in [1.165, 1.54) is 0 Å². The minimum atomic E-state index is -4.28. The summed E-state index contributed by atoms with van der Waals surface area (Å²) in [5.41, 5.74) is -0.105. The van der Waals surface area contributed by atoms with Crippen molar-refractivity contribution in [2.75, 3.05) is 0 Å². The van der Waals surface area contributed by atoms with Crippen molar-refractivity contribution in [3.63, 3.8) is 0 Å². The van der Waals surface area contributed by atoms with Gasteiger partial charge in [0.05, 0.1) is 10.6 Å². The van der Waals surface area contributed by atoms with Crippen LogP contribution in [0.5, 0.6) is 0 Å². The lowest BCUT2D eigenvalue weighted by molar-refractivity contribution is 0.0896. The Morgan fingerprint density at radius 2 is 2.00 bits per heavy atom. The molecule has 110 valence electrons. The molecule has 0 unspecified atom stereocenters. The van der Waals surface area contributed by atoms with E-state index >= 15 is 0 Å². The van der Waals surface area contributed by atoms with Crippen LogP contribution in [0.25, 0.3) is 0 Å². The molecule has 1 aromatic carbocycles. The topological polar surface area (TPSA) is 63.2 Å². The van der Waals surface area contributed by atoms with Crippen molar-refractivity contribution in [1.82, 2.24) is 5.32 Å². The second-order valence-corrected chi connectivity index (χ2v) is 7.89. The van der Waals surface area contributed by atoms with Crippen LogP contribution >= 0.6 is 22.3 Å². The number of hydrogen-bond acceptors (Lipinski definition) is 3. The minimum Gasteiger partial charge on any atom is -0.349 e. The van der Waals surface area contributed by atoms with E-state index in [2.05, 4.69) is 12.2 Å². The Balaban J connectivity index is 2.29. The normalized spacial score (nSPS) is 22.2. The maximum atomic E-state index is 13.5. The number of hydrogen-bond donors (Lipinski definition) is 1. The lowest BCUT2D eigenvalue weighted by Crippen LogP contribution is -2.43. The number of rotatable bonds is 3. The molecule has 0 atom stereocenters. The van der Waals surface area contributed by atoms with E-state index in [1.807, 2.05) is 0 Å². The number of carbonyl (C=O) groups is 1. The number of carbonyl (C=O) groups excluding carboxylic acids is 1. The summed E-state index contributed by atoms with van der Waals surface area (Å²) in [5, 5.41) is 2.56. The Labute approximate surface area is 125 Å². The quantitative estimate of drug-likeness (QED) is 0.861. The van der Waals surface area contributed by atoms with Gasteiger partial charge in [-0.15, -0.1) is 0 Å². The lowest BCUT2D eigenvalue weighted by atomic mass is 9.82. The first-order chi connectivity index (χ1) is 9.18. The van der Waals surface area contributed by atoms with E-state index in [0.29, 0.717) is 5.92 Å². The zero-order valence-electron chi connectivity index (χ0n) is 10.5. The van der Waals surface area contributed by atoms with Crippen molar-refractivity contribution in [2.24, 2.45) is 5.92 Å². The van der Waals surface area contributed by atoms with Crippen LogP contribution < -0.4 is 5.32 Å². The summed E-state index contributed by atoms with van der Waals surface area (Å²) in [6.45, 7) is 2.06. The number of benzene rings is 1. The Morgan fingerprint density at radius 1 is 1.40 bits per heavy atom. The van der Waals surface area contributed by atoms with Gasteiger partial charge in [-0.25, -0.2) is 12.8 Å². The second kappa shape index (κ2) is 5.50. The van der Waals surface area contributed by atoms with Gasteiger partial charge in [-0.2, -0.15) is 0 Å². The van der Waals surface area contributed by atoms with Gasteiger partial charge in [-0.1, -0.05) is 18.5 Å². The summed E-state index contributed by atoms with van der Waals surface area (Å²) in [4.78, 5) is 11.3. The number of halogens is 3. The highest BCUT2D eigenvalue weighted by Crippen LogP contribution is 2.29. The monoisotopic (exact) mass is 339 g/mol. The van der Waals surface area contributed by atoms with Crippen LogP contribution in [0.4, 0.5) is 4.39 Å². The van der Waals surface area contributed by atoms with Crippen molar-refractivity contribution in [3.8, 4) is 0 Å². The predicted octanol–water partition coefficient (Wildman–Crippen LogP) is 2.93. The molecule has 0 aromatic heterocycles. The highest BCUT2D eigenvalue weighted by Gasteiger charge is 2.28. The molecule has 20 heavy (non-hydrogen) atoms. The highest BCUT2D eigenvalue weighted by molar-refractivity contribution is 8.13. The molecule has 1 aromatic rings. The molecule has 8 heteroatoms. The number of amides is 1. The maximum absolute atomic E-state index is 13.5. The predicted molar refractivity (Wildman–Crippen MR) is 74.1 cm³/mol. The largest absolute Gasteiger partial charge is 0.349 e. The van der Waals surface area contributed by atoms with Crippen LogP contribution in [0, 0.1) is 11.7 Å². The Morgan fingerprint density at radius 3 is 2.50 bits per heavy atom. The summed E-state index contributed by atoms with van der Waals surface area (Å²) < 4.78 is 35.9. The van der Waals surface area contributed by atoms with Crippen LogP contribution in [0.1, 0.15) is 30.1 Å². The number of nitrogens with one attached hydrogen (secondary N) is 1. The molecule has 0 radical (unpaired) electrons. The van der Waals surface area contributed by atoms with Crippen LogP contribution in [-0.2, 0) is 9.05 Å². The molecule has 1 saturated carbocycles. The smallest absolute Gasteiger partial charge is 0.264 e. The SMILES string of the molecule is CC1CC(NC(=O)c2cc(S(=O)(=O)Cl)c(F)cc2Cl)C1. The third-order valence-corrected chi connectivity index (χ3v) is 4.89. The van der Waals surface area contributed by atoms with Crippen LogP contribution in [0.15, 0.2) is 17.0 Å². The van der Waals surface area contributed by atoms with E-state index < -0.39 is 25.7 Å². The molecule has 0 saturated heterocycles. The van der Waals surface area contributed by atoms with Gasteiger partial charge in [0.15, 0.2) is 0 Å². The molecule has 0 spiro atoms. The Bertz CT molecular complexity index is 657. The van der Waals surface area contributed by atoms with E-state index in [4.69, 9.17) is 22.3 Å². The molecule has 0 bridgehead atoms. The average Bonchev–Trinajstić information content (AvgIpc) is 2.24. The van der Waals surface area contributed by atoms with Crippen LogP contribution in [0.3, 0.4) is 0 Å². The summed E-state index contributed by atoms with van der Waals surface area (Å²) in [7, 11) is 0.837. The summed E-state index contributed by atoms with van der Waals surface area (Å²) in [6.07, 6.45) is 1.70. The summed E-state index contributed by atoms with van der Waals surface area (Å²) in [5.74, 6) is -1.07. The molecular formula is C12H12Cl2FNO3S. The third kappa shape index (κ3) is 3.24. The van der Waals surface area contributed by atoms with Gasteiger partial charge >= 0.3 is 0 Å². The van der Waals surface area contributed by atoms with Crippen molar-refractivity contribution >= 4 is 37.2 Å². The first kappa shape index (κ1) is 15.5. The second-order valence-electron chi connectivity index (χ2n) is 4.95. The van der Waals surface area contributed by atoms with Crippen molar-refractivity contribution < 1.29 is 17.6 Å². The standard InChI is InChI=1S/C12H12Cl2FNO3S/c1-6-2-7(3-6)16-12(17)8-4-11(20(14,18)19)10(15)5-9(8)13/h4-7H,2-3H2,1H3,(H,16,17). The zero-order chi connectivity index (χ0) is 15.1. The fourth-order valence-corrected chi connectivity index (χ4v) is 3.31. The molecule has 1 fully saturated rings. The molecule has 1 N–H and O–H groups in total. The molecule has 1 amide bonds. The van der Waals surface area contributed by atoms with Crippen molar-refractivity contribution in [3.05, 3.63) is 28.5 Å². The first-order valence-corrected chi connectivity index (χ1v) is 8.61. The van der Waals surface area contributed by atoms with Gasteiger partial charge in [0.2, 0.25) is 0 Å². The van der Waals surface area contributed by atoms with E-state index in [0.717, 1.165) is 25.0 Å². The molecule has 4 nitrogen and oxygen atoms in total. The van der Waals surface area contributed by atoms with Crippen LogP contribution in [0.2, 0.25) is 5.02 Å². The zero-order valence-corrected chi connectivity index (χ0v) is 12.8. The van der Waals surface area contributed by atoms with Gasteiger partial charge in [0.25, 0.3) is 15.0 Å². The summed E-state index contributed by atoms with van der Waals surface area (Å²) in [6, 6.07) is 1.67. The van der Waals surface area contributed by atoms with Gasteiger partial charge in [-0.05, 0) is 30.9 Å². The molecule has 1 aliphatic carbocycles. The highest BCUT2D eigenvalue weighted by atomic mass is 35.7. The maximum Gasteiger partial charge on any atom is 0.264 e. The summed E-state index contributed by atoms with van der Waals surface area (Å²) >= 11 is 5.78. The average molecular weight is 340 g/mol. The van der Waals surface area contributed by atoms with E-state index in [9.17, 15) is 17.6 Å². The van der Waals surface area contributed by atoms with Crippen molar-refractivity contribution in [2.45, 2.75) is 30.7 Å². The lowest BCUT2D eigenvalue weighted by Gasteiger charge is -2.33. The van der Waals surface area contributed by atoms with Crippen LogP contribution in [-0.4, -0.2) is 20.4 Å². The van der Waals surface area contributed by atoms with Crippen molar-refractivity contribution in [1.29, 1.82) is 0 Å². The molecule has 0 aliphatic heterocycles. The molecular weight excluding hydrogens is 328 g/mol. The Kier molecular flexibility index (Phi) is 4.27. The Hall–Kier alpha value is -0.850. The minimum absolute atomic E-state index is 0.0367. The van der Waals surface area contributed by atoms with E-state index in [-0.39, 0.29) is 16.6 Å². The fraction of sp³-hybridized carbons (Fsp3) is 0.417. The molecule has 2 rings (SSSR count). The molecule has 1 aliphatic rings.